The molecule has 216 valence electrons. The van der Waals surface area contributed by atoms with Crippen molar-refractivity contribution in [3.63, 3.8) is 0 Å². The first-order valence-electron chi connectivity index (χ1n) is 15.1. The van der Waals surface area contributed by atoms with Crippen LogP contribution in [0.3, 0.4) is 0 Å². The highest BCUT2D eigenvalue weighted by molar-refractivity contribution is 7.21. The smallest absolute Gasteiger partial charge is 0.164 e. The minimum atomic E-state index is 0.590. The van der Waals surface area contributed by atoms with E-state index >= 15 is 0 Å². The Morgan fingerprint density at radius 3 is 1.70 bits per heavy atom. The van der Waals surface area contributed by atoms with Gasteiger partial charge in [-0.05, 0) is 23.3 Å². The third kappa shape index (κ3) is 4.64. The Hall–Kier alpha value is -5.98. The van der Waals surface area contributed by atoms with Crippen LogP contribution in [0.5, 0.6) is 0 Å². The van der Waals surface area contributed by atoms with Crippen molar-refractivity contribution in [1.82, 2.24) is 19.9 Å². The van der Waals surface area contributed by atoms with Gasteiger partial charge in [-0.25, -0.2) is 19.9 Å². The number of nitrogens with zero attached hydrogens (tertiary/aromatic N) is 4. The van der Waals surface area contributed by atoms with Crippen LogP contribution in [0.25, 0.3) is 88.0 Å². The number of rotatable bonds is 5. The van der Waals surface area contributed by atoms with Gasteiger partial charge in [0.1, 0.15) is 16.2 Å². The molecule has 0 radical (unpaired) electrons. The van der Waals surface area contributed by atoms with Gasteiger partial charge in [0, 0.05) is 39.1 Å². The highest BCUT2D eigenvalue weighted by Gasteiger charge is 2.19. The van der Waals surface area contributed by atoms with Crippen LogP contribution in [-0.4, -0.2) is 19.9 Å². The SMILES string of the molecule is c1ccc(-c2ccc(-c3nc(-c4ccccc4)nc(-c4cccc5oc6cc7sc(-c8ccccc8)nc7cc6c45)n3)cc2)cc1. The van der Waals surface area contributed by atoms with E-state index in [-0.39, 0.29) is 0 Å². The van der Waals surface area contributed by atoms with Crippen molar-refractivity contribution in [1.29, 1.82) is 0 Å². The molecule has 0 bridgehead atoms. The van der Waals surface area contributed by atoms with Crippen LogP contribution in [0, 0.1) is 0 Å². The minimum absolute atomic E-state index is 0.590. The Kier molecular flexibility index (Phi) is 6.25. The molecule has 0 spiro atoms. The van der Waals surface area contributed by atoms with Gasteiger partial charge in [0.25, 0.3) is 0 Å². The lowest BCUT2D eigenvalue weighted by molar-refractivity contribution is 0.669. The van der Waals surface area contributed by atoms with Crippen molar-refractivity contribution in [3.8, 4) is 55.9 Å². The van der Waals surface area contributed by atoms with E-state index in [2.05, 4.69) is 78.9 Å². The van der Waals surface area contributed by atoms with Crippen LogP contribution in [0.15, 0.2) is 150 Å². The van der Waals surface area contributed by atoms with Gasteiger partial charge >= 0.3 is 0 Å². The third-order valence-corrected chi connectivity index (χ3v) is 9.25. The summed E-state index contributed by atoms with van der Waals surface area (Å²) in [7, 11) is 0. The zero-order valence-corrected chi connectivity index (χ0v) is 25.3. The molecule has 0 saturated carbocycles. The molecule has 3 heterocycles. The van der Waals surface area contributed by atoms with Gasteiger partial charge in [0.05, 0.1) is 10.2 Å². The molecule has 0 unspecified atom stereocenters. The molecule has 0 amide bonds. The maximum absolute atomic E-state index is 6.43. The second kappa shape index (κ2) is 10.9. The van der Waals surface area contributed by atoms with Crippen molar-refractivity contribution in [3.05, 3.63) is 146 Å². The van der Waals surface area contributed by atoms with Crippen LogP contribution in [0.4, 0.5) is 0 Å². The molecule has 6 heteroatoms. The number of aromatic nitrogens is 4. The van der Waals surface area contributed by atoms with E-state index in [4.69, 9.17) is 24.4 Å². The van der Waals surface area contributed by atoms with Crippen LogP contribution < -0.4 is 0 Å². The second-order valence-electron chi connectivity index (χ2n) is 11.1. The fourth-order valence-corrected chi connectivity index (χ4v) is 6.90. The molecule has 0 aliphatic heterocycles. The molecule has 0 fully saturated rings. The monoisotopic (exact) mass is 608 g/mol. The average Bonchev–Trinajstić information content (AvgIpc) is 3.72. The summed E-state index contributed by atoms with van der Waals surface area (Å²) in [5.41, 5.74) is 8.67. The number of hydrogen-bond donors (Lipinski definition) is 0. The van der Waals surface area contributed by atoms with Gasteiger partial charge in [-0.2, -0.15) is 0 Å². The van der Waals surface area contributed by atoms with Crippen LogP contribution in [0.1, 0.15) is 0 Å². The highest BCUT2D eigenvalue weighted by Crippen LogP contribution is 2.40. The first kappa shape index (κ1) is 26.4. The molecule has 0 aliphatic carbocycles. The van der Waals surface area contributed by atoms with E-state index in [0.29, 0.717) is 17.5 Å². The molecular formula is C40H24N4OS. The van der Waals surface area contributed by atoms with Crippen molar-refractivity contribution < 1.29 is 4.42 Å². The number of furan rings is 1. The average molecular weight is 609 g/mol. The van der Waals surface area contributed by atoms with E-state index < -0.39 is 0 Å². The molecule has 0 aliphatic rings. The van der Waals surface area contributed by atoms with Gasteiger partial charge < -0.3 is 4.42 Å². The van der Waals surface area contributed by atoms with Crippen molar-refractivity contribution >= 4 is 43.5 Å². The fourth-order valence-electron chi connectivity index (χ4n) is 5.92. The lowest BCUT2D eigenvalue weighted by Crippen LogP contribution is -2.00. The molecule has 0 N–H and O–H groups in total. The van der Waals surface area contributed by atoms with Gasteiger partial charge in [-0.3, -0.25) is 0 Å². The van der Waals surface area contributed by atoms with E-state index in [1.165, 1.54) is 5.56 Å². The van der Waals surface area contributed by atoms with Crippen molar-refractivity contribution in [2.75, 3.05) is 0 Å². The molecule has 3 aromatic heterocycles. The number of hydrogen-bond acceptors (Lipinski definition) is 6. The van der Waals surface area contributed by atoms with Gasteiger partial charge in [-0.15, -0.1) is 11.3 Å². The second-order valence-corrected chi connectivity index (χ2v) is 12.1. The predicted molar refractivity (Wildman–Crippen MR) is 187 cm³/mol. The summed E-state index contributed by atoms with van der Waals surface area (Å²) >= 11 is 1.67. The Balaban J connectivity index is 1.22. The molecule has 9 rings (SSSR count). The molecule has 0 saturated heterocycles. The van der Waals surface area contributed by atoms with Gasteiger partial charge in [-0.1, -0.05) is 127 Å². The normalized spacial score (nSPS) is 11.5. The highest BCUT2D eigenvalue weighted by atomic mass is 32.1. The summed E-state index contributed by atoms with van der Waals surface area (Å²) in [5.74, 6) is 1.82. The fraction of sp³-hybridized carbons (Fsp3) is 0. The summed E-state index contributed by atoms with van der Waals surface area (Å²) in [6, 6.07) is 49.3. The summed E-state index contributed by atoms with van der Waals surface area (Å²) in [5, 5.41) is 2.93. The van der Waals surface area contributed by atoms with Crippen LogP contribution >= 0.6 is 11.3 Å². The molecule has 6 aromatic carbocycles. The van der Waals surface area contributed by atoms with E-state index in [1.807, 2.05) is 66.7 Å². The van der Waals surface area contributed by atoms with E-state index in [0.717, 1.165) is 65.0 Å². The lowest BCUT2D eigenvalue weighted by Gasteiger charge is -2.10. The summed E-state index contributed by atoms with van der Waals surface area (Å²) in [6.07, 6.45) is 0. The minimum Gasteiger partial charge on any atom is -0.456 e. The summed E-state index contributed by atoms with van der Waals surface area (Å²) in [4.78, 5) is 20.0. The largest absolute Gasteiger partial charge is 0.456 e. The third-order valence-electron chi connectivity index (χ3n) is 8.18. The predicted octanol–water partition coefficient (Wildman–Crippen LogP) is 10.7. The topological polar surface area (TPSA) is 64.7 Å². The quantitative estimate of drug-likeness (QED) is 0.194. The number of thiazole rings is 1. The molecule has 5 nitrogen and oxygen atoms in total. The molecule has 0 atom stereocenters. The van der Waals surface area contributed by atoms with Gasteiger partial charge in [0.2, 0.25) is 0 Å². The van der Waals surface area contributed by atoms with E-state index in [9.17, 15) is 0 Å². The standard InChI is InChI=1S/C40H24N4OS/c1-4-11-25(12-5-1)26-19-21-28(22-20-26)38-42-37(27-13-6-2-7-14-27)43-39(44-38)30-17-10-18-33-36(30)31-23-32-35(24-34(31)45-33)46-40(41-32)29-15-8-3-9-16-29/h1-24H. The Morgan fingerprint density at radius 1 is 0.435 bits per heavy atom. The molecule has 9 aromatic rings. The zero-order valence-electron chi connectivity index (χ0n) is 24.5. The number of fused-ring (bicyclic) bond motifs is 4. The Labute approximate surface area is 268 Å². The van der Waals surface area contributed by atoms with Crippen LogP contribution in [-0.2, 0) is 0 Å². The Morgan fingerprint density at radius 2 is 1.00 bits per heavy atom. The zero-order chi connectivity index (χ0) is 30.5. The summed E-state index contributed by atoms with van der Waals surface area (Å²) < 4.78 is 7.51. The molecule has 46 heavy (non-hydrogen) atoms. The first-order chi connectivity index (χ1) is 22.8. The van der Waals surface area contributed by atoms with Crippen molar-refractivity contribution in [2.45, 2.75) is 0 Å². The maximum Gasteiger partial charge on any atom is 0.164 e. The van der Waals surface area contributed by atoms with E-state index in [1.54, 1.807) is 11.3 Å². The van der Waals surface area contributed by atoms with Crippen molar-refractivity contribution in [2.24, 2.45) is 0 Å². The summed E-state index contributed by atoms with van der Waals surface area (Å²) in [6.45, 7) is 0. The Bertz CT molecular complexity index is 2510. The molecular weight excluding hydrogens is 585 g/mol. The maximum atomic E-state index is 6.43. The number of benzene rings is 6. The first-order valence-corrected chi connectivity index (χ1v) is 15.9. The van der Waals surface area contributed by atoms with Crippen LogP contribution in [0.2, 0.25) is 0 Å². The van der Waals surface area contributed by atoms with Gasteiger partial charge in [0.15, 0.2) is 17.5 Å². The lowest BCUT2D eigenvalue weighted by atomic mass is 10.0.